The second-order valence-corrected chi connectivity index (χ2v) is 15.3. The van der Waals surface area contributed by atoms with E-state index in [0.717, 1.165) is 4.68 Å². The maximum absolute atomic E-state index is 13.0. The minimum atomic E-state index is -1.24. The van der Waals surface area contributed by atoms with Crippen LogP contribution in [0.1, 0.15) is 69.5 Å². The number of carboxylic acid groups (broad SMARTS) is 2. The molecule has 8 aromatic rings. The summed E-state index contributed by atoms with van der Waals surface area (Å²) in [5.74, 6) is -4.69. The average molecular weight is 1010 g/mol. The Labute approximate surface area is 415 Å². The molecule has 0 saturated carbocycles. The summed E-state index contributed by atoms with van der Waals surface area (Å²) < 4.78 is 1.14. The van der Waals surface area contributed by atoms with E-state index >= 15 is 0 Å². The molecule has 1 radical (unpaired) electrons. The standard InChI is InChI=1S/C26H19N3O6.C24H16ClN4O5.Co/c1-14(30)27-19-8-4-5-15-9-12-22(32)24(23(15)19)29-28-20-13-16(10-11-21(20)31)25(33)17-6-2-3-7-18(17)26(34)35;1-13-21(23(32)29(28-13)16-6-4-5-15(25)12-16)27-26-19-11-14(9-10-20(19)30)22(31)17-7-2-3-8-18(17)24(33)34;/h2-13,31-32H,1H3,(H,27,30)(H,34,35);2-12,30H,1H3,(H,33,34);/q;-1;/p+3. The minimum absolute atomic E-state index is 0. The summed E-state index contributed by atoms with van der Waals surface area (Å²) >= 11 is 5.99. The number of hydrogen-bond acceptors (Lipinski definition) is 14. The van der Waals surface area contributed by atoms with Crippen LogP contribution in [0.5, 0.6) is 17.2 Å². The van der Waals surface area contributed by atoms with E-state index in [1.807, 2.05) is 0 Å². The average Bonchev–Trinajstić information content (AvgIpc) is 3.62. The van der Waals surface area contributed by atoms with Gasteiger partial charge in [0.2, 0.25) is 5.91 Å². The van der Waals surface area contributed by atoms with E-state index < -0.39 is 29.1 Å². The summed E-state index contributed by atoms with van der Waals surface area (Å²) in [5, 5.41) is 74.1. The number of rotatable bonds is 12. The zero-order chi connectivity index (χ0) is 49.5. The van der Waals surface area contributed by atoms with E-state index in [-0.39, 0.29) is 100 Å². The van der Waals surface area contributed by atoms with Gasteiger partial charge in [0.05, 0.1) is 22.5 Å². The van der Waals surface area contributed by atoms with Gasteiger partial charge < -0.3 is 40.8 Å². The summed E-state index contributed by atoms with van der Waals surface area (Å²) in [6, 6.07) is 34.1. The maximum Gasteiger partial charge on any atom is 1.00 e. The Morgan fingerprint density at radius 3 is 1.71 bits per heavy atom. The van der Waals surface area contributed by atoms with Gasteiger partial charge in [-0.05, 0) is 84.2 Å². The fourth-order valence-corrected chi connectivity index (χ4v) is 7.07. The number of halogens is 1. The number of azo groups is 2. The van der Waals surface area contributed by atoms with Crippen molar-refractivity contribution in [2.45, 2.75) is 13.8 Å². The third-order valence-electron chi connectivity index (χ3n) is 10.1. The first-order valence-electron chi connectivity index (χ1n) is 20.3. The van der Waals surface area contributed by atoms with Crippen molar-refractivity contribution >= 4 is 80.2 Å². The van der Waals surface area contributed by atoms with Crippen molar-refractivity contribution in [3.05, 3.63) is 194 Å². The largest absolute Gasteiger partial charge is 1.00 e. The van der Waals surface area contributed by atoms with Crippen LogP contribution in [0.15, 0.2) is 165 Å². The molecule has 8 rings (SSSR count). The molecule has 0 saturated heterocycles. The number of aromatic carboxylic acids is 2. The number of aryl methyl sites for hydroxylation is 1. The fourth-order valence-electron chi connectivity index (χ4n) is 6.88. The van der Waals surface area contributed by atoms with E-state index in [0.29, 0.717) is 32.9 Å². The van der Waals surface area contributed by atoms with Crippen LogP contribution in [0, 0.1) is 6.92 Å². The van der Waals surface area contributed by atoms with Gasteiger partial charge >= 0.3 is 16.2 Å². The molecule has 0 unspecified atom stereocenters. The van der Waals surface area contributed by atoms with E-state index in [9.17, 15) is 54.3 Å². The van der Waals surface area contributed by atoms with Crippen molar-refractivity contribution in [1.29, 1.82) is 0 Å². The number of phenolic OH excluding ortho intramolecular Hbond substituents is 3. The maximum atomic E-state index is 13.0. The molecule has 1 aromatic heterocycles. The van der Waals surface area contributed by atoms with E-state index in [1.165, 1.54) is 85.8 Å². The van der Waals surface area contributed by atoms with Crippen molar-refractivity contribution in [2.24, 2.45) is 20.5 Å². The second kappa shape index (κ2) is 21.7. The van der Waals surface area contributed by atoms with Gasteiger partial charge in [-0.25, -0.2) is 19.4 Å². The van der Waals surface area contributed by atoms with Crippen LogP contribution in [0.2, 0.25) is 5.02 Å². The molecule has 7 aromatic carbocycles. The Balaban J connectivity index is 0.000000365. The number of fused-ring (bicyclic) bond motifs is 1. The molecule has 1 amide bonds. The van der Waals surface area contributed by atoms with E-state index in [2.05, 4.69) is 30.9 Å². The second-order valence-electron chi connectivity index (χ2n) is 14.8. The van der Waals surface area contributed by atoms with Crippen LogP contribution < -0.4 is 10.9 Å². The molecule has 6 N–H and O–H groups in total. The first kappa shape index (κ1) is 50.4. The predicted octanol–water partition coefficient (Wildman–Crippen LogP) is 10.9. The van der Waals surface area contributed by atoms with Crippen molar-refractivity contribution in [3.63, 3.8) is 0 Å². The Bertz CT molecular complexity index is 3530. The molecule has 0 bridgehead atoms. The van der Waals surface area contributed by atoms with Gasteiger partial charge in [0.1, 0.15) is 39.9 Å². The molecule has 0 aliphatic rings. The molecule has 353 valence electrons. The number of carbonyl (C=O) groups excluding carboxylic acids is 3. The molecule has 18 nitrogen and oxygen atoms in total. The number of nitrogens with one attached hydrogen (secondary N) is 1. The predicted molar refractivity (Wildman–Crippen MR) is 257 cm³/mol. The molecule has 0 atom stereocenters. The Hall–Kier alpha value is -9.04. The zero-order valence-corrected chi connectivity index (χ0v) is 38.2. The van der Waals surface area contributed by atoms with Gasteiger partial charge in [-0.15, -0.1) is 15.9 Å². The van der Waals surface area contributed by atoms with Gasteiger partial charge in [-0.1, -0.05) is 84.9 Å². The molecule has 20 heteroatoms. The van der Waals surface area contributed by atoms with Crippen LogP contribution >= 0.6 is 11.6 Å². The number of aromatic nitrogens is 2. The Morgan fingerprint density at radius 2 is 1.17 bits per heavy atom. The third kappa shape index (κ3) is 11.0. The molecule has 70 heavy (non-hydrogen) atoms. The summed E-state index contributed by atoms with van der Waals surface area (Å²) in [4.78, 5) is 73.3. The zero-order valence-electron chi connectivity index (χ0n) is 39.4. The number of aromatic hydroxyl groups is 3. The van der Waals surface area contributed by atoms with Crippen molar-refractivity contribution < 1.29 is 70.6 Å². The monoisotopic (exact) mass is 1010 g/mol. The molecular formula is C50H38ClCoN7O11+2. The number of anilines is 1. The number of amides is 1. The molecule has 0 fully saturated rings. The number of carboxylic acids is 2. The number of hydrogen-bond donors (Lipinski definition) is 6. The van der Waals surface area contributed by atoms with Gasteiger partial charge in [0.15, 0.2) is 11.6 Å². The molecule has 1 heterocycles. The smallest absolute Gasteiger partial charge is 0.506 e. The number of benzene rings is 7. The summed E-state index contributed by atoms with van der Waals surface area (Å²) in [5.41, 5.74) is 0.347. The number of nitrogens with zero attached hydrogens (tertiary/aromatic N) is 6. The van der Waals surface area contributed by atoms with Gasteiger partial charge in [-0.3, -0.25) is 14.4 Å². The van der Waals surface area contributed by atoms with Gasteiger partial charge in [-0.2, -0.15) is 5.11 Å². The number of ketones is 2. The molecular weight excluding hydrogens is 969 g/mol. The van der Waals surface area contributed by atoms with Crippen LogP contribution in [-0.2, 0) is 21.6 Å². The first-order chi connectivity index (χ1) is 33.0. The molecule has 0 spiro atoms. The van der Waals surface area contributed by atoms with Crippen molar-refractivity contribution in [1.82, 2.24) is 9.78 Å². The van der Waals surface area contributed by atoms with Crippen molar-refractivity contribution in [2.75, 3.05) is 5.32 Å². The van der Waals surface area contributed by atoms with E-state index in [4.69, 9.17) is 11.6 Å². The molecule has 0 aliphatic carbocycles. The normalized spacial score (nSPS) is 10.9. The molecule has 0 aliphatic heterocycles. The van der Waals surface area contributed by atoms with Gasteiger partial charge in [0, 0.05) is 56.4 Å². The Morgan fingerprint density at radius 1 is 0.643 bits per heavy atom. The quantitative estimate of drug-likeness (QED) is 0.0379. The van der Waals surface area contributed by atoms with Crippen molar-refractivity contribution in [3.8, 4) is 22.9 Å². The summed E-state index contributed by atoms with van der Waals surface area (Å²) in [6.45, 7) is 2.94. The summed E-state index contributed by atoms with van der Waals surface area (Å²) in [7, 11) is 0. The van der Waals surface area contributed by atoms with Gasteiger partial charge in [0.25, 0.3) is 0 Å². The van der Waals surface area contributed by atoms with Crippen LogP contribution in [-0.4, -0.2) is 64.7 Å². The Kier molecular flexibility index (Phi) is 15.6. The fraction of sp³-hybridized carbons (Fsp3) is 0.0400. The SMILES string of the molecule is CC(=O)Nc1cccc2ccc(O)c(N=Nc3cc(C(=O)c4ccccc4C(=O)O)ccc3O)c12.Cc1nn(-c2cccc(Cl)c2)c(=O)[c-]1N=Nc1cc(C(=O)c2ccccc2C(=O)O)ccc1O.[Co].[H+].[H+].[H+]. The van der Waals surface area contributed by atoms with Crippen LogP contribution in [0.3, 0.4) is 0 Å². The van der Waals surface area contributed by atoms with E-state index in [1.54, 1.807) is 67.6 Å². The van der Waals surface area contributed by atoms with Crippen LogP contribution in [0.25, 0.3) is 16.5 Å². The minimum Gasteiger partial charge on any atom is -0.506 e. The topological polar surface area (TPSA) is 283 Å². The number of carbonyl (C=O) groups is 5. The summed E-state index contributed by atoms with van der Waals surface area (Å²) in [6.07, 6.45) is 0. The third-order valence-corrected chi connectivity index (χ3v) is 10.4. The number of phenols is 3. The first-order valence-corrected chi connectivity index (χ1v) is 20.7. The van der Waals surface area contributed by atoms with Crippen LogP contribution in [0.4, 0.5) is 28.4 Å².